The van der Waals surface area contributed by atoms with Gasteiger partial charge in [-0.25, -0.2) is 4.98 Å². The van der Waals surface area contributed by atoms with Crippen molar-refractivity contribution in [2.75, 3.05) is 13.1 Å². The summed E-state index contributed by atoms with van der Waals surface area (Å²) in [6.07, 6.45) is 5.82. The summed E-state index contributed by atoms with van der Waals surface area (Å²) in [6, 6.07) is 6.23. The first-order valence-corrected chi connectivity index (χ1v) is 12.9. The number of fused-ring (bicyclic) bond motifs is 1. The van der Waals surface area contributed by atoms with E-state index in [0.29, 0.717) is 11.5 Å². The molecule has 0 spiro atoms. The lowest BCUT2D eigenvalue weighted by molar-refractivity contribution is -0.139. The first-order chi connectivity index (χ1) is 17.4. The summed E-state index contributed by atoms with van der Waals surface area (Å²) in [5.41, 5.74) is 4.46. The zero-order valence-corrected chi connectivity index (χ0v) is 22.6. The maximum Gasteiger partial charge on any atom is 0.225 e. The molecule has 1 fully saturated rings. The van der Waals surface area contributed by atoms with Crippen LogP contribution in [0.15, 0.2) is 30.6 Å². The molecule has 3 aromatic rings. The minimum atomic E-state index is -0.172. The number of likely N-dealkylation sites (tertiary alicyclic amines) is 1. The van der Waals surface area contributed by atoms with E-state index in [0.717, 1.165) is 48.1 Å². The molecule has 0 unspecified atom stereocenters. The molecule has 2 aromatic heterocycles. The number of rotatable bonds is 5. The van der Waals surface area contributed by atoms with Gasteiger partial charge >= 0.3 is 0 Å². The van der Waals surface area contributed by atoms with Crippen molar-refractivity contribution >= 4 is 22.7 Å². The zero-order chi connectivity index (χ0) is 27.1. The van der Waals surface area contributed by atoms with Crippen molar-refractivity contribution in [2.45, 2.75) is 59.8 Å². The normalized spacial score (nSPS) is 15.5. The molecule has 1 N–H and O–H groups in total. The monoisotopic (exact) mass is 500 g/mol. The Labute approximate surface area is 218 Å². The Balaban J connectivity index is 1.58. The number of amides is 1. The van der Waals surface area contributed by atoms with E-state index < -0.39 is 0 Å². The summed E-state index contributed by atoms with van der Waals surface area (Å²) in [4.78, 5) is 32.8. The molecule has 1 atom stereocenters. The summed E-state index contributed by atoms with van der Waals surface area (Å²) in [7, 11) is 1.99. The van der Waals surface area contributed by atoms with Crippen LogP contribution in [0.4, 0.5) is 0 Å². The second-order valence-electron chi connectivity index (χ2n) is 11.5. The van der Waals surface area contributed by atoms with Gasteiger partial charge in [-0.1, -0.05) is 27.7 Å². The van der Waals surface area contributed by atoms with Crippen LogP contribution in [-0.2, 0) is 18.3 Å². The van der Waals surface area contributed by atoms with E-state index >= 15 is 0 Å². The average molecular weight is 501 g/mol. The smallest absolute Gasteiger partial charge is 0.225 e. The van der Waals surface area contributed by atoms with Crippen LogP contribution in [0, 0.1) is 29.6 Å². The first-order valence-electron chi connectivity index (χ1n) is 12.9. The lowest BCUT2D eigenvalue weighted by Crippen LogP contribution is -2.43. The van der Waals surface area contributed by atoms with Crippen LogP contribution in [0.1, 0.15) is 79.1 Å². The minimum Gasteiger partial charge on any atom is -0.508 e. The van der Waals surface area contributed by atoms with Crippen molar-refractivity contribution in [1.82, 2.24) is 14.5 Å². The highest BCUT2D eigenvalue weighted by Gasteiger charge is 2.33. The van der Waals surface area contributed by atoms with Gasteiger partial charge in [-0.2, -0.15) is 5.26 Å². The molecule has 3 heterocycles. The molecule has 1 aromatic carbocycles. The molecule has 1 amide bonds. The van der Waals surface area contributed by atoms with Crippen LogP contribution in [0.3, 0.4) is 0 Å². The number of phenolic OH excluding ortho intramolecular Hbond substituents is 1. The van der Waals surface area contributed by atoms with Crippen molar-refractivity contribution < 1.29 is 14.7 Å². The quantitative estimate of drug-likeness (QED) is 0.481. The molecule has 0 bridgehead atoms. The Morgan fingerprint density at radius 1 is 1.22 bits per heavy atom. The van der Waals surface area contributed by atoms with E-state index in [9.17, 15) is 20.0 Å². The Bertz CT molecular complexity index is 1400. The molecule has 1 aliphatic heterocycles. The van der Waals surface area contributed by atoms with Gasteiger partial charge in [-0.05, 0) is 66.0 Å². The number of pyridine rings is 1. The number of benzene rings is 1. The molecular weight excluding hydrogens is 464 g/mol. The minimum absolute atomic E-state index is 0.0242. The number of aromatic hydroxyl groups is 1. The van der Waals surface area contributed by atoms with Crippen LogP contribution < -0.4 is 0 Å². The molecule has 0 radical (unpaired) electrons. The van der Waals surface area contributed by atoms with Gasteiger partial charge in [0.1, 0.15) is 11.4 Å². The van der Waals surface area contributed by atoms with E-state index in [1.54, 1.807) is 6.20 Å². The first kappa shape index (κ1) is 26.4. The Morgan fingerprint density at radius 2 is 1.89 bits per heavy atom. The van der Waals surface area contributed by atoms with Gasteiger partial charge < -0.3 is 14.6 Å². The molecule has 0 saturated carbocycles. The summed E-state index contributed by atoms with van der Waals surface area (Å²) in [5.74, 6) is 0.250. The number of Topliss-reactive ketones (excluding diaryl/α,β-unsaturated/α-hetero) is 1. The van der Waals surface area contributed by atoms with Gasteiger partial charge in [0, 0.05) is 55.8 Å². The molecule has 1 saturated heterocycles. The van der Waals surface area contributed by atoms with Crippen LogP contribution in [0.2, 0.25) is 0 Å². The Kier molecular flexibility index (Phi) is 7.14. The van der Waals surface area contributed by atoms with Crippen LogP contribution >= 0.6 is 0 Å². The van der Waals surface area contributed by atoms with Crippen LogP contribution in [-0.4, -0.2) is 44.3 Å². The number of aryl methyl sites for hydroxylation is 2. The fourth-order valence-corrected chi connectivity index (χ4v) is 5.23. The number of hydrogen-bond acceptors (Lipinski definition) is 5. The number of phenols is 1. The third kappa shape index (κ3) is 5.24. The Hall–Kier alpha value is -3.66. The highest BCUT2D eigenvalue weighted by molar-refractivity contribution is 5.99. The zero-order valence-electron chi connectivity index (χ0n) is 22.6. The molecule has 0 aliphatic carbocycles. The van der Waals surface area contributed by atoms with E-state index in [1.165, 1.54) is 23.8 Å². The fraction of sp³-hybridized carbons (Fsp3) is 0.467. The van der Waals surface area contributed by atoms with Crippen molar-refractivity contribution in [1.29, 1.82) is 5.26 Å². The lowest BCUT2D eigenvalue weighted by Gasteiger charge is -2.37. The van der Waals surface area contributed by atoms with E-state index in [4.69, 9.17) is 4.98 Å². The standard InChI is InChI=1S/C30H36N4O3/c1-18-23(14-26(36)22-11-20(15-31)12-24(35)13-22)16-32-28-27(18)25(17-33(28)6)21-7-9-34(10-8-21)29(37)19(2)30(3,4)5/h11-13,16-17,19,21,35H,7-10,14H2,1-6H3/t19-/m0/s1. The highest BCUT2D eigenvalue weighted by Crippen LogP contribution is 2.37. The Morgan fingerprint density at radius 3 is 2.51 bits per heavy atom. The second-order valence-corrected chi connectivity index (χ2v) is 11.5. The molecule has 7 nitrogen and oxygen atoms in total. The SMILES string of the molecule is Cc1c(CC(=O)c2cc(O)cc(C#N)c2)cnc2c1c(C1CCN(C(=O)[C@H](C)C(C)(C)C)CC1)cn2C. The van der Waals surface area contributed by atoms with Crippen LogP contribution in [0.25, 0.3) is 11.0 Å². The third-order valence-corrected chi connectivity index (χ3v) is 8.01. The highest BCUT2D eigenvalue weighted by atomic mass is 16.3. The number of carbonyl (C=O) groups is 2. The number of aromatic nitrogens is 2. The third-order valence-electron chi connectivity index (χ3n) is 8.01. The largest absolute Gasteiger partial charge is 0.508 e. The predicted molar refractivity (Wildman–Crippen MR) is 143 cm³/mol. The summed E-state index contributed by atoms with van der Waals surface area (Å²) >= 11 is 0. The van der Waals surface area contributed by atoms with Gasteiger partial charge in [0.2, 0.25) is 5.91 Å². The molecule has 1 aliphatic rings. The predicted octanol–water partition coefficient (Wildman–Crippen LogP) is 5.27. The van der Waals surface area contributed by atoms with Gasteiger partial charge in [0.15, 0.2) is 5.78 Å². The number of hydrogen-bond donors (Lipinski definition) is 1. The summed E-state index contributed by atoms with van der Waals surface area (Å²) < 4.78 is 2.04. The van der Waals surface area contributed by atoms with Crippen molar-refractivity contribution in [3.8, 4) is 11.8 Å². The lowest BCUT2D eigenvalue weighted by atomic mass is 9.80. The summed E-state index contributed by atoms with van der Waals surface area (Å²) in [6.45, 7) is 11.9. The topological polar surface area (TPSA) is 99.2 Å². The van der Waals surface area contributed by atoms with E-state index in [-0.39, 0.29) is 40.8 Å². The van der Waals surface area contributed by atoms with Crippen LogP contribution in [0.5, 0.6) is 5.75 Å². The second kappa shape index (κ2) is 10.0. The molecule has 7 heteroatoms. The number of piperidine rings is 1. The maximum absolute atomic E-state index is 13.0. The van der Waals surface area contributed by atoms with E-state index in [1.807, 2.05) is 36.4 Å². The fourth-order valence-electron chi connectivity index (χ4n) is 5.23. The van der Waals surface area contributed by atoms with Crippen molar-refractivity contribution in [3.05, 3.63) is 58.4 Å². The molecule has 4 rings (SSSR count). The van der Waals surface area contributed by atoms with Gasteiger partial charge in [0.05, 0.1) is 11.6 Å². The van der Waals surface area contributed by atoms with Gasteiger partial charge in [-0.15, -0.1) is 0 Å². The maximum atomic E-state index is 13.0. The average Bonchev–Trinajstić information content (AvgIpc) is 3.20. The van der Waals surface area contributed by atoms with Gasteiger partial charge in [0.25, 0.3) is 0 Å². The van der Waals surface area contributed by atoms with Crippen molar-refractivity contribution in [3.63, 3.8) is 0 Å². The molecular formula is C30H36N4O3. The number of carbonyl (C=O) groups excluding carboxylic acids is 2. The number of nitriles is 1. The molecule has 37 heavy (non-hydrogen) atoms. The van der Waals surface area contributed by atoms with Crippen molar-refractivity contribution in [2.24, 2.45) is 18.4 Å². The van der Waals surface area contributed by atoms with Gasteiger partial charge in [-0.3, -0.25) is 9.59 Å². The summed E-state index contributed by atoms with van der Waals surface area (Å²) in [5, 5.41) is 20.2. The molecule has 194 valence electrons. The van der Waals surface area contributed by atoms with E-state index in [2.05, 4.69) is 27.0 Å². The number of nitrogens with zero attached hydrogens (tertiary/aromatic N) is 4. The number of ketones is 1.